The second-order valence-corrected chi connectivity index (χ2v) is 18.0. The fourth-order valence-electron chi connectivity index (χ4n) is 2.44. The standard InChI is InChI=1S/C13H9.C5H5.C3H7ClSi.2ClH.Hf/c1-3-7-12-10(5-1)9-11-6-2-4-8-13(11)12;1-2-4-5-3-1;1-2-3-5-4;;;/h1-9H;1-5H;2-3H2,1H3;2*1H;/q2*-1;;;;+2/p-2. The van der Waals surface area contributed by atoms with E-state index in [0.717, 1.165) is 0 Å². The van der Waals surface area contributed by atoms with Gasteiger partial charge in [-0.1, -0.05) is 36.4 Å². The fourth-order valence-corrected chi connectivity index (χ4v) is 6.14. The zero-order valence-corrected chi connectivity index (χ0v) is 21.5. The molecule has 4 aromatic rings. The predicted octanol–water partition coefficient (Wildman–Crippen LogP) is 0.796. The van der Waals surface area contributed by atoms with Crippen molar-refractivity contribution in [1.82, 2.24) is 0 Å². The Kier molecular flexibility index (Phi) is 14.4. The maximum absolute atomic E-state index is 5.74. The fraction of sp³-hybridized carbons (Fsp3) is 0.143. The van der Waals surface area contributed by atoms with Crippen LogP contribution in [0.2, 0.25) is 6.04 Å². The van der Waals surface area contributed by atoms with Crippen LogP contribution in [0.25, 0.3) is 21.5 Å². The van der Waals surface area contributed by atoms with E-state index in [2.05, 4.69) is 61.5 Å². The Morgan fingerprint density at radius 2 is 1.31 bits per heavy atom. The minimum Gasteiger partial charge on any atom is -1.00 e. The van der Waals surface area contributed by atoms with Gasteiger partial charge in [-0.3, -0.25) is 0 Å². The summed E-state index contributed by atoms with van der Waals surface area (Å²) >= 11 is 6.99. The van der Waals surface area contributed by atoms with Gasteiger partial charge in [0.25, 0.3) is 0 Å². The van der Waals surface area contributed by atoms with Crippen molar-refractivity contribution in [1.29, 1.82) is 0 Å². The summed E-state index contributed by atoms with van der Waals surface area (Å²) < 4.78 is 0. The maximum Gasteiger partial charge on any atom is -0.0771 e. The minimum absolute atomic E-state index is 0. The first-order valence-electron chi connectivity index (χ1n) is 8.15. The number of fused-ring (bicyclic) bond motifs is 3. The molecule has 0 amide bonds. The van der Waals surface area contributed by atoms with Gasteiger partial charge < -0.3 is 24.8 Å². The number of benzene rings is 2. The van der Waals surface area contributed by atoms with Gasteiger partial charge in [-0.15, -0.1) is 39.7 Å². The predicted molar refractivity (Wildman–Crippen MR) is 106 cm³/mol. The molecule has 0 aromatic heterocycles. The quantitative estimate of drug-likeness (QED) is 0.185. The molecule has 0 heterocycles. The van der Waals surface area contributed by atoms with E-state index in [1.54, 1.807) is 0 Å². The number of hydrogen-bond donors (Lipinski definition) is 0. The Morgan fingerprint density at radius 1 is 0.846 bits per heavy atom. The normalized spacial score (nSPS) is 9.08. The van der Waals surface area contributed by atoms with E-state index in [1.807, 2.05) is 30.3 Å². The number of halogens is 3. The number of rotatable bonds is 2. The van der Waals surface area contributed by atoms with Crippen LogP contribution in [0, 0.1) is 0 Å². The molecule has 0 N–H and O–H groups in total. The summed E-state index contributed by atoms with van der Waals surface area (Å²) in [6.07, 6.45) is 1.28. The SMILES string of the molecule is CCC[Si](Cl)=[Hf+2].[Cl-].[Cl-].c1cc[cH-]c1.c1ccc2c(c1)[cH-]c1ccccc12. The third-order valence-electron chi connectivity index (χ3n) is 3.55. The monoisotopic (exact) mass is 586 g/mol. The Morgan fingerprint density at radius 3 is 1.62 bits per heavy atom. The molecule has 0 fully saturated rings. The van der Waals surface area contributed by atoms with Crippen molar-refractivity contribution in [2.75, 3.05) is 0 Å². The molecule has 4 aromatic carbocycles. The van der Waals surface area contributed by atoms with Gasteiger partial charge in [0.2, 0.25) is 0 Å². The molecule has 5 heteroatoms. The van der Waals surface area contributed by atoms with Crippen LogP contribution in [-0.4, -0.2) is 4.80 Å². The van der Waals surface area contributed by atoms with E-state index in [4.69, 9.17) is 11.1 Å². The Balaban J connectivity index is 0.000000410. The molecular formula is C21H21Cl3HfSi-2. The van der Waals surface area contributed by atoms with Gasteiger partial charge in [0.1, 0.15) is 0 Å². The summed E-state index contributed by atoms with van der Waals surface area (Å²) in [5.74, 6) is 0. The zero-order valence-electron chi connectivity index (χ0n) is 14.6. The van der Waals surface area contributed by atoms with Gasteiger partial charge in [0.15, 0.2) is 0 Å². The molecular weight excluding hydrogens is 565 g/mol. The van der Waals surface area contributed by atoms with Gasteiger partial charge in [-0.2, -0.15) is 18.2 Å². The van der Waals surface area contributed by atoms with Crippen molar-refractivity contribution in [3.63, 3.8) is 0 Å². The topological polar surface area (TPSA) is 0 Å². The van der Waals surface area contributed by atoms with E-state index >= 15 is 0 Å². The van der Waals surface area contributed by atoms with Crippen molar-refractivity contribution in [3.05, 3.63) is 84.9 Å². The molecule has 26 heavy (non-hydrogen) atoms. The van der Waals surface area contributed by atoms with Crippen LogP contribution in [0.5, 0.6) is 0 Å². The van der Waals surface area contributed by atoms with Crippen LogP contribution in [0.1, 0.15) is 13.3 Å². The van der Waals surface area contributed by atoms with E-state index in [0.29, 0.717) is 0 Å². The molecule has 0 nitrogen and oxygen atoms in total. The second-order valence-electron chi connectivity index (χ2n) is 5.44. The van der Waals surface area contributed by atoms with Crippen molar-refractivity contribution in [2.24, 2.45) is 0 Å². The first kappa shape index (κ1) is 25.6. The molecule has 136 valence electrons. The van der Waals surface area contributed by atoms with E-state index in [-0.39, 0.29) is 29.6 Å². The van der Waals surface area contributed by atoms with Gasteiger partial charge in [0, 0.05) is 0 Å². The molecule has 0 radical (unpaired) electrons. The van der Waals surface area contributed by atoms with Gasteiger partial charge >= 0.3 is 58.3 Å². The van der Waals surface area contributed by atoms with Crippen LogP contribution >= 0.6 is 11.1 Å². The molecule has 0 unspecified atom stereocenters. The summed E-state index contributed by atoms with van der Waals surface area (Å²) in [5, 5.41) is 5.39. The minimum atomic E-state index is -0.274. The van der Waals surface area contributed by atoms with Crippen molar-refractivity contribution >= 4 is 37.4 Å². The summed E-state index contributed by atoms with van der Waals surface area (Å²) in [7, 11) is 0. The van der Waals surface area contributed by atoms with E-state index in [9.17, 15) is 0 Å². The first-order valence-corrected chi connectivity index (χ1v) is 16.3. The van der Waals surface area contributed by atoms with Crippen LogP contribution in [0.4, 0.5) is 0 Å². The summed E-state index contributed by atoms with van der Waals surface area (Å²) in [5.41, 5.74) is 0. The van der Waals surface area contributed by atoms with E-state index < -0.39 is 0 Å². The number of hydrogen-bond acceptors (Lipinski definition) is 0. The van der Waals surface area contributed by atoms with Crippen LogP contribution < -0.4 is 24.8 Å². The first-order chi connectivity index (χ1) is 11.7. The molecule has 0 spiro atoms. The molecule has 4 rings (SSSR count). The molecule has 0 saturated heterocycles. The van der Waals surface area contributed by atoms with E-state index in [1.165, 1.54) is 57.0 Å². The molecule has 0 aliphatic rings. The van der Waals surface area contributed by atoms with Crippen molar-refractivity contribution in [2.45, 2.75) is 19.4 Å². The summed E-state index contributed by atoms with van der Waals surface area (Å²) in [6, 6.07) is 30.6. The Hall–Kier alpha value is -0.383. The molecule has 0 atom stereocenters. The Labute approximate surface area is 188 Å². The van der Waals surface area contributed by atoms with Crippen LogP contribution in [0.15, 0.2) is 84.9 Å². The molecule has 0 saturated carbocycles. The average molecular weight is 586 g/mol. The molecule has 0 bridgehead atoms. The second kappa shape index (κ2) is 14.6. The van der Waals surface area contributed by atoms with Crippen LogP contribution in [-0.2, 0) is 23.0 Å². The third kappa shape index (κ3) is 8.54. The van der Waals surface area contributed by atoms with Gasteiger partial charge in [-0.05, 0) is 0 Å². The maximum atomic E-state index is 5.74. The van der Waals surface area contributed by atoms with Crippen LogP contribution in [0.3, 0.4) is 0 Å². The smallest absolute Gasteiger partial charge is 0.0771 e. The summed E-state index contributed by atoms with van der Waals surface area (Å²) in [4.78, 5) is -0.274. The van der Waals surface area contributed by atoms with Crippen molar-refractivity contribution in [3.8, 4) is 0 Å². The Bertz CT molecular complexity index is 802. The van der Waals surface area contributed by atoms with Gasteiger partial charge in [-0.25, -0.2) is 12.1 Å². The van der Waals surface area contributed by atoms with Crippen molar-refractivity contribution < 1.29 is 47.8 Å². The summed E-state index contributed by atoms with van der Waals surface area (Å²) in [6.45, 7) is 2.19. The third-order valence-corrected chi connectivity index (χ3v) is 7.75. The molecule has 0 aliphatic heterocycles. The van der Waals surface area contributed by atoms with Gasteiger partial charge in [0.05, 0.1) is 0 Å². The average Bonchev–Trinajstić information content (AvgIpc) is 3.27. The largest absolute Gasteiger partial charge is 1.00 e. The zero-order chi connectivity index (χ0) is 17.2. The molecule has 0 aliphatic carbocycles.